The Hall–Kier alpha value is -3.97. The van der Waals surface area contributed by atoms with Gasteiger partial charge in [0.15, 0.2) is 0 Å². The Bertz CT molecular complexity index is 1460. The summed E-state index contributed by atoms with van der Waals surface area (Å²) in [6.07, 6.45) is 2.90. The highest BCUT2D eigenvalue weighted by molar-refractivity contribution is 6.32. The number of hydrogen-bond acceptors (Lipinski definition) is 5. The Morgan fingerprint density at radius 3 is 2.31 bits per heavy atom. The number of amides is 1. The second-order valence-corrected chi connectivity index (χ2v) is 10.4. The fraction of sp³-hybridized carbons (Fsp3) is 0.290. The Balaban J connectivity index is 1.20. The normalized spacial score (nSPS) is 18.6. The summed E-state index contributed by atoms with van der Waals surface area (Å²) in [6.45, 7) is 3.07. The number of ether oxygens (including phenoxy) is 2. The summed E-state index contributed by atoms with van der Waals surface area (Å²) in [6, 6.07) is 23.9. The van der Waals surface area contributed by atoms with E-state index in [4.69, 9.17) is 26.2 Å². The van der Waals surface area contributed by atoms with Crippen molar-refractivity contribution in [2.24, 2.45) is 5.92 Å². The summed E-state index contributed by atoms with van der Waals surface area (Å²) in [4.78, 5) is 17.9. The second kappa shape index (κ2) is 10.7. The summed E-state index contributed by atoms with van der Waals surface area (Å²) < 4.78 is 12.5. The van der Waals surface area contributed by atoms with Crippen LogP contribution in [0.25, 0.3) is 16.9 Å². The first-order valence-corrected chi connectivity index (χ1v) is 13.6. The molecule has 8 heteroatoms. The van der Waals surface area contributed by atoms with Gasteiger partial charge >= 0.3 is 0 Å². The van der Waals surface area contributed by atoms with Crippen LogP contribution in [-0.2, 0) is 4.79 Å². The summed E-state index contributed by atoms with van der Waals surface area (Å²) >= 11 is 6.47. The van der Waals surface area contributed by atoms with Crippen LogP contribution in [0.4, 0.5) is 5.69 Å². The zero-order chi connectivity index (χ0) is 26.9. The van der Waals surface area contributed by atoms with Crippen molar-refractivity contribution in [1.82, 2.24) is 14.7 Å². The molecule has 3 aromatic carbocycles. The molecule has 0 radical (unpaired) electrons. The summed E-state index contributed by atoms with van der Waals surface area (Å²) in [5.74, 6) is 1.81. The van der Waals surface area contributed by atoms with E-state index in [1.807, 2.05) is 70.2 Å². The van der Waals surface area contributed by atoms with Crippen molar-refractivity contribution in [2.45, 2.75) is 12.3 Å². The van der Waals surface area contributed by atoms with E-state index in [9.17, 15) is 4.79 Å². The highest BCUT2D eigenvalue weighted by Crippen LogP contribution is 2.51. The number of anilines is 1. The topological polar surface area (TPSA) is 59.8 Å². The number of hydrogen-bond donors (Lipinski definition) is 0. The molecule has 39 heavy (non-hydrogen) atoms. The SMILES string of the molecule is COc1ccc(N2CCN(C(=O)C3CC3c3cn(-c4ccccc4)nc3-c3ccc(OC)c(Cl)c3)CC2)cc1. The summed E-state index contributed by atoms with van der Waals surface area (Å²) in [7, 11) is 3.28. The van der Waals surface area contributed by atoms with Gasteiger partial charge in [-0.05, 0) is 61.0 Å². The molecule has 1 amide bonds. The number of carbonyl (C=O) groups excluding carboxylic acids is 1. The van der Waals surface area contributed by atoms with Gasteiger partial charge in [0.25, 0.3) is 0 Å². The van der Waals surface area contributed by atoms with Crippen molar-refractivity contribution < 1.29 is 14.3 Å². The lowest BCUT2D eigenvalue weighted by Crippen LogP contribution is -2.49. The molecule has 2 aliphatic rings. The van der Waals surface area contributed by atoms with Crippen molar-refractivity contribution in [3.8, 4) is 28.4 Å². The number of carbonyl (C=O) groups is 1. The molecule has 6 rings (SSSR count). The molecule has 2 unspecified atom stereocenters. The smallest absolute Gasteiger partial charge is 0.226 e. The minimum absolute atomic E-state index is 0.0292. The van der Waals surface area contributed by atoms with Crippen LogP contribution < -0.4 is 14.4 Å². The van der Waals surface area contributed by atoms with Crippen molar-refractivity contribution in [3.63, 3.8) is 0 Å². The van der Waals surface area contributed by atoms with E-state index in [1.54, 1.807) is 14.2 Å². The van der Waals surface area contributed by atoms with Gasteiger partial charge in [-0.3, -0.25) is 4.79 Å². The van der Waals surface area contributed by atoms with Crippen molar-refractivity contribution in [2.75, 3.05) is 45.3 Å². The van der Waals surface area contributed by atoms with Gasteiger partial charge in [0.1, 0.15) is 11.5 Å². The lowest BCUT2D eigenvalue weighted by molar-refractivity contribution is -0.132. The van der Waals surface area contributed by atoms with Gasteiger partial charge in [0, 0.05) is 61.0 Å². The predicted octanol–water partition coefficient (Wildman–Crippen LogP) is 5.66. The predicted molar refractivity (Wildman–Crippen MR) is 153 cm³/mol. The second-order valence-electron chi connectivity index (χ2n) is 10.0. The quantitative estimate of drug-likeness (QED) is 0.301. The van der Waals surface area contributed by atoms with Crippen molar-refractivity contribution in [3.05, 3.63) is 89.6 Å². The number of piperazine rings is 1. The lowest BCUT2D eigenvalue weighted by atomic mass is 10.0. The maximum absolute atomic E-state index is 13.6. The van der Waals surface area contributed by atoms with E-state index in [1.165, 1.54) is 0 Å². The molecular formula is C31H31ClN4O3. The van der Waals surface area contributed by atoms with E-state index in [2.05, 4.69) is 23.2 Å². The van der Waals surface area contributed by atoms with Crippen LogP contribution in [0.5, 0.6) is 11.5 Å². The van der Waals surface area contributed by atoms with E-state index in [0.29, 0.717) is 10.8 Å². The first-order valence-electron chi connectivity index (χ1n) is 13.2. The van der Waals surface area contributed by atoms with Crippen LogP contribution in [0.1, 0.15) is 17.9 Å². The Kier molecular flexibility index (Phi) is 6.92. The molecule has 200 valence electrons. The molecule has 1 aliphatic heterocycles. The van der Waals surface area contributed by atoms with Crippen LogP contribution >= 0.6 is 11.6 Å². The molecule has 7 nitrogen and oxygen atoms in total. The molecule has 2 fully saturated rings. The van der Waals surface area contributed by atoms with Gasteiger partial charge in [0.05, 0.1) is 30.6 Å². The molecule has 0 N–H and O–H groups in total. The Morgan fingerprint density at radius 2 is 1.64 bits per heavy atom. The third-order valence-electron chi connectivity index (χ3n) is 7.72. The first kappa shape index (κ1) is 25.3. The fourth-order valence-electron chi connectivity index (χ4n) is 5.43. The maximum atomic E-state index is 13.6. The molecule has 1 saturated carbocycles. The number of methoxy groups -OCH3 is 2. The number of rotatable bonds is 7. The zero-order valence-corrected chi connectivity index (χ0v) is 22.8. The van der Waals surface area contributed by atoms with Crippen LogP contribution in [0.2, 0.25) is 5.02 Å². The maximum Gasteiger partial charge on any atom is 0.226 e. The minimum atomic E-state index is -0.0292. The largest absolute Gasteiger partial charge is 0.497 e. The number of nitrogens with zero attached hydrogens (tertiary/aromatic N) is 4. The zero-order valence-electron chi connectivity index (χ0n) is 22.1. The van der Waals surface area contributed by atoms with E-state index in [-0.39, 0.29) is 17.7 Å². The van der Waals surface area contributed by atoms with Crippen molar-refractivity contribution >= 4 is 23.2 Å². The Labute approximate surface area is 233 Å². The van der Waals surface area contributed by atoms with Gasteiger partial charge in [-0.2, -0.15) is 5.10 Å². The molecule has 2 heterocycles. The molecular weight excluding hydrogens is 512 g/mol. The molecule has 2 atom stereocenters. The van der Waals surface area contributed by atoms with Gasteiger partial charge in [-0.15, -0.1) is 0 Å². The summed E-state index contributed by atoms with van der Waals surface area (Å²) in [5, 5.41) is 5.48. The highest BCUT2D eigenvalue weighted by Gasteiger charge is 2.48. The van der Waals surface area contributed by atoms with E-state index >= 15 is 0 Å². The molecule has 1 saturated heterocycles. The van der Waals surface area contributed by atoms with Crippen LogP contribution in [0.15, 0.2) is 79.0 Å². The molecule has 0 spiro atoms. The fourth-order valence-corrected chi connectivity index (χ4v) is 5.69. The first-order chi connectivity index (χ1) is 19.1. The highest BCUT2D eigenvalue weighted by atomic mass is 35.5. The standard InChI is InChI=1S/C31H31ClN4O3/c1-38-24-11-9-22(10-12-24)34-14-16-35(17-15-34)31(37)26-19-25(26)27-20-36(23-6-4-3-5-7-23)33-30(27)21-8-13-29(39-2)28(32)18-21/h3-13,18,20,25-26H,14-17,19H2,1-2H3. The van der Waals surface area contributed by atoms with Gasteiger partial charge < -0.3 is 19.3 Å². The molecule has 1 aromatic heterocycles. The van der Waals surface area contributed by atoms with Crippen LogP contribution in [0.3, 0.4) is 0 Å². The third-order valence-corrected chi connectivity index (χ3v) is 8.02. The van der Waals surface area contributed by atoms with Gasteiger partial charge in [-0.1, -0.05) is 29.8 Å². The number of halogens is 1. The third kappa shape index (κ3) is 5.06. The monoisotopic (exact) mass is 542 g/mol. The minimum Gasteiger partial charge on any atom is -0.497 e. The number of benzene rings is 3. The lowest BCUT2D eigenvalue weighted by Gasteiger charge is -2.36. The van der Waals surface area contributed by atoms with E-state index < -0.39 is 0 Å². The van der Waals surface area contributed by atoms with Crippen LogP contribution in [-0.4, -0.2) is 61.0 Å². The van der Waals surface area contributed by atoms with Gasteiger partial charge in [-0.25, -0.2) is 4.68 Å². The van der Waals surface area contributed by atoms with Crippen molar-refractivity contribution in [1.29, 1.82) is 0 Å². The summed E-state index contributed by atoms with van der Waals surface area (Å²) in [5.41, 5.74) is 4.98. The van der Waals surface area contributed by atoms with Gasteiger partial charge in [0.2, 0.25) is 5.91 Å². The number of para-hydroxylation sites is 1. The average Bonchev–Trinajstić information content (AvgIpc) is 3.67. The molecule has 0 bridgehead atoms. The Morgan fingerprint density at radius 1 is 0.897 bits per heavy atom. The number of aromatic nitrogens is 2. The van der Waals surface area contributed by atoms with Crippen LogP contribution in [0, 0.1) is 5.92 Å². The van der Waals surface area contributed by atoms with E-state index in [0.717, 1.165) is 66.5 Å². The average molecular weight is 543 g/mol. The molecule has 4 aromatic rings. The molecule has 1 aliphatic carbocycles.